The third kappa shape index (κ3) is 4.59. The van der Waals surface area contributed by atoms with Gasteiger partial charge in [0.1, 0.15) is 0 Å². The van der Waals surface area contributed by atoms with Crippen molar-refractivity contribution in [3.8, 4) is 0 Å². The number of carbonyl (C=O) groups is 2. The summed E-state index contributed by atoms with van der Waals surface area (Å²) >= 11 is 0. The summed E-state index contributed by atoms with van der Waals surface area (Å²) in [5, 5.41) is 24.8. The average molecular weight is 298 g/mol. The number of aliphatic hydroxyl groups excluding tert-OH is 1. The lowest BCUT2D eigenvalue weighted by Crippen LogP contribution is -2.53. The van der Waals surface area contributed by atoms with Gasteiger partial charge in [-0.15, -0.1) is 0 Å². The summed E-state index contributed by atoms with van der Waals surface area (Å²) in [6.07, 6.45) is 7.18. The Kier molecular flexibility index (Phi) is 5.85. The number of rotatable bonds is 3. The molecule has 0 heterocycles. The lowest BCUT2D eigenvalue weighted by atomic mass is 9.92. The highest BCUT2D eigenvalue weighted by molar-refractivity contribution is 5.77. The van der Waals surface area contributed by atoms with Gasteiger partial charge in [0.05, 0.1) is 18.1 Å². The summed E-state index contributed by atoms with van der Waals surface area (Å²) in [5.41, 5.74) is 0. The van der Waals surface area contributed by atoms with Crippen molar-refractivity contribution in [2.24, 2.45) is 5.92 Å². The number of aliphatic carboxylic acids is 1. The predicted molar refractivity (Wildman–Crippen MR) is 77.9 cm³/mol. The highest BCUT2D eigenvalue weighted by Crippen LogP contribution is 2.24. The smallest absolute Gasteiger partial charge is 0.315 e. The van der Waals surface area contributed by atoms with E-state index in [1.54, 1.807) is 0 Å². The number of hydrogen-bond donors (Lipinski definition) is 4. The highest BCUT2D eigenvalue weighted by atomic mass is 16.4. The van der Waals surface area contributed by atoms with Crippen molar-refractivity contribution in [2.75, 3.05) is 0 Å². The van der Waals surface area contributed by atoms with Crippen LogP contribution < -0.4 is 10.6 Å². The van der Waals surface area contributed by atoms with Gasteiger partial charge in [-0.25, -0.2) is 4.79 Å². The SMILES string of the molecule is O=C(NC1CCCCC1O)NC1CCCCCC1C(=O)O. The third-order valence-corrected chi connectivity index (χ3v) is 4.70. The number of urea groups is 1. The number of nitrogens with one attached hydrogen (secondary N) is 2. The van der Waals surface area contributed by atoms with Crippen molar-refractivity contribution in [3.63, 3.8) is 0 Å². The Morgan fingerprint density at radius 1 is 0.810 bits per heavy atom. The van der Waals surface area contributed by atoms with Gasteiger partial charge in [0, 0.05) is 6.04 Å². The van der Waals surface area contributed by atoms with Gasteiger partial charge in [-0.05, 0) is 25.7 Å². The van der Waals surface area contributed by atoms with Crippen LogP contribution in [0.1, 0.15) is 57.8 Å². The second-order valence-electron chi connectivity index (χ2n) is 6.27. The van der Waals surface area contributed by atoms with Crippen LogP contribution in [0, 0.1) is 5.92 Å². The zero-order chi connectivity index (χ0) is 15.2. The first kappa shape index (κ1) is 16.1. The molecule has 4 unspecified atom stereocenters. The fraction of sp³-hybridized carbons (Fsp3) is 0.867. The summed E-state index contributed by atoms with van der Waals surface area (Å²) in [4.78, 5) is 23.4. The number of carboxylic acids is 1. The Balaban J connectivity index is 1.88. The number of carbonyl (C=O) groups excluding carboxylic acids is 1. The van der Waals surface area contributed by atoms with E-state index in [1.165, 1.54) is 0 Å². The zero-order valence-electron chi connectivity index (χ0n) is 12.4. The second kappa shape index (κ2) is 7.64. The molecule has 0 radical (unpaired) electrons. The minimum Gasteiger partial charge on any atom is -0.481 e. The molecule has 4 atom stereocenters. The predicted octanol–water partition coefficient (Wildman–Crippen LogP) is 1.62. The Hall–Kier alpha value is -1.30. The molecular weight excluding hydrogens is 272 g/mol. The van der Waals surface area contributed by atoms with E-state index >= 15 is 0 Å². The molecule has 0 aromatic heterocycles. The maximum atomic E-state index is 12.1. The van der Waals surface area contributed by atoms with E-state index < -0.39 is 18.0 Å². The standard InChI is InChI=1S/C15H26N2O4/c18-13-9-5-4-8-12(13)17-15(21)16-11-7-3-1-2-6-10(11)14(19)20/h10-13,18H,1-9H2,(H,19,20)(H2,16,17,21). The topological polar surface area (TPSA) is 98.7 Å². The van der Waals surface area contributed by atoms with Crippen molar-refractivity contribution >= 4 is 12.0 Å². The average Bonchev–Trinajstić information content (AvgIpc) is 2.67. The van der Waals surface area contributed by atoms with Crippen molar-refractivity contribution in [1.82, 2.24) is 10.6 Å². The lowest BCUT2D eigenvalue weighted by molar-refractivity contribution is -0.142. The first-order valence-corrected chi connectivity index (χ1v) is 8.06. The molecule has 0 bridgehead atoms. The molecule has 0 saturated heterocycles. The largest absolute Gasteiger partial charge is 0.481 e. The van der Waals surface area contributed by atoms with Gasteiger partial charge >= 0.3 is 12.0 Å². The quantitative estimate of drug-likeness (QED) is 0.595. The highest BCUT2D eigenvalue weighted by Gasteiger charge is 2.31. The molecule has 6 nitrogen and oxygen atoms in total. The van der Waals surface area contributed by atoms with Gasteiger partial charge in [0.15, 0.2) is 0 Å². The maximum absolute atomic E-state index is 12.1. The fourth-order valence-electron chi connectivity index (χ4n) is 3.43. The van der Waals surface area contributed by atoms with Gasteiger partial charge < -0.3 is 20.8 Å². The van der Waals surface area contributed by atoms with E-state index in [4.69, 9.17) is 0 Å². The molecular formula is C15H26N2O4. The summed E-state index contributed by atoms with van der Waals surface area (Å²) in [7, 11) is 0. The molecule has 6 heteroatoms. The van der Waals surface area contributed by atoms with Crippen molar-refractivity contribution in [3.05, 3.63) is 0 Å². The number of amides is 2. The van der Waals surface area contributed by atoms with Crippen LogP contribution in [-0.2, 0) is 4.79 Å². The minimum atomic E-state index is -0.833. The molecule has 2 rings (SSSR count). The third-order valence-electron chi connectivity index (χ3n) is 4.70. The van der Waals surface area contributed by atoms with Gasteiger partial charge in [0.2, 0.25) is 0 Å². The lowest BCUT2D eigenvalue weighted by Gasteiger charge is -2.30. The van der Waals surface area contributed by atoms with E-state index in [1.807, 2.05) is 0 Å². The van der Waals surface area contributed by atoms with Crippen molar-refractivity contribution < 1.29 is 19.8 Å². The fourth-order valence-corrected chi connectivity index (χ4v) is 3.43. The number of hydrogen-bond acceptors (Lipinski definition) is 3. The number of aliphatic hydroxyl groups is 1. The zero-order valence-corrected chi connectivity index (χ0v) is 12.4. The summed E-state index contributed by atoms with van der Waals surface area (Å²) in [6, 6.07) is -0.877. The maximum Gasteiger partial charge on any atom is 0.315 e. The van der Waals surface area contributed by atoms with Gasteiger partial charge in [-0.2, -0.15) is 0 Å². The van der Waals surface area contributed by atoms with Crippen LogP contribution >= 0.6 is 0 Å². The molecule has 2 saturated carbocycles. The normalized spacial score (nSPS) is 33.8. The molecule has 2 amide bonds. The van der Waals surface area contributed by atoms with Crippen LogP contribution in [0.15, 0.2) is 0 Å². The van der Waals surface area contributed by atoms with Crippen molar-refractivity contribution in [1.29, 1.82) is 0 Å². The van der Waals surface area contributed by atoms with Crippen LogP contribution in [0.5, 0.6) is 0 Å². The molecule has 120 valence electrons. The van der Waals surface area contributed by atoms with Gasteiger partial charge in [-0.1, -0.05) is 32.1 Å². The molecule has 2 aliphatic rings. The van der Waals surface area contributed by atoms with Crippen LogP contribution in [0.3, 0.4) is 0 Å². The Bertz CT molecular complexity index is 375. The van der Waals surface area contributed by atoms with E-state index in [-0.39, 0.29) is 18.1 Å². The summed E-state index contributed by atoms with van der Waals surface area (Å²) < 4.78 is 0. The Labute approximate surface area is 125 Å². The molecule has 2 fully saturated rings. The molecule has 0 aromatic rings. The van der Waals surface area contributed by atoms with E-state index in [2.05, 4.69) is 10.6 Å². The van der Waals surface area contributed by atoms with Crippen molar-refractivity contribution in [2.45, 2.75) is 76.0 Å². The molecule has 4 N–H and O–H groups in total. The first-order chi connectivity index (χ1) is 10.1. The summed E-state index contributed by atoms with van der Waals surface area (Å²) in [5.74, 6) is -1.34. The number of carboxylic acid groups (broad SMARTS) is 1. The van der Waals surface area contributed by atoms with Crippen LogP contribution in [0.25, 0.3) is 0 Å². The van der Waals surface area contributed by atoms with Gasteiger partial charge in [-0.3, -0.25) is 4.79 Å². The van der Waals surface area contributed by atoms with E-state index in [0.29, 0.717) is 19.3 Å². The molecule has 0 aromatic carbocycles. The Morgan fingerprint density at radius 3 is 2.10 bits per heavy atom. The second-order valence-corrected chi connectivity index (χ2v) is 6.27. The van der Waals surface area contributed by atoms with Crippen LogP contribution in [0.4, 0.5) is 4.79 Å². The van der Waals surface area contributed by atoms with Gasteiger partial charge in [0.25, 0.3) is 0 Å². The monoisotopic (exact) mass is 298 g/mol. The van der Waals surface area contributed by atoms with Crippen LogP contribution in [-0.4, -0.2) is 40.4 Å². The minimum absolute atomic E-state index is 0.215. The Morgan fingerprint density at radius 2 is 1.38 bits per heavy atom. The molecule has 2 aliphatic carbocycles. The van der Waals surface area contributed by atoms with Crippen LogP contribution in [0.2, 0.25) is 0 Å². The first-order valence-electron chi connectivity index (χ1n) is 8.06. The molecule has 0 aliphatic heterocycles. The van der Waals surface area contributed by atoms with E-state index in [9.17, 15) is 19.8 Å². The van der Waals surface area contributed by atoms with E-state index in [0.717, 1.165) is 38.5 Å². The molecule has 0 spiro atoms. The summed E-state index contributed by atoms with van der Waals surface area (Å²) in [6.45, 7) is 0. The molecule has 21 heavy (non-hydrogen) atoms.